The van der Waals surface area contributed by atoms with E-state index < -0.39 is 11.5 Å². The summed E-state index contributed by atoms with van der Waals surface area (Å²) in [6.07, 6.45) is 0.665. The SMILES string of the molecule is CC(C)CSCCC(C)(NC(C)C)C(=O)O. The van der Waals surface area contributed by atoms with Gasteiger partial charge in [0.25, 0.3) is 0 Å². The van der Waals surface area contributed by atoms with Crippen LogP contribution in [-0.4, -0.2) is 34.2 Å². The highest BCUT2D eigenvalue weighted by molar-refractivity contribution is 7.99. The van der Waals surface area contributed by atoms with Crippen LogP contribution in [0.4, 0.5) is 0 Å². The summed E-state index contributed by atoms with van der Waals surface area (Å²) in [6, 6.07) is 0.191. The third kappa shape index (κ3) is 6.38. The van der Waals surface area contributed by atoms with Gasteiger partial charge in [-0.3, -0.25) is 10.1 Å². The summed E-state index contributed by atoms with van der Waals surface area (Å²) in [5, 5.41) is 12.3. The fourth-order valence-corrected chi connectivity index (χ4v) is 2.66. The van der Waals surface area contributed by atoms with Gasteiger partial charge in [-0.1, -0.05) is 13.8 Å². The second kappa shape index (κ2) is 7.17. The van der Waals surface area contributed by atoms with Gasteiger partial charge in [0, 0.05) is 6.04 Å². The maximum absolute atomic E-state index is 11.2. The topological polar surface area (TPSA) is 49.3 Å². The van der Waals surface area contributed by atoms with Crippen LogP contribution < -0.4 is 5.32 Å². The second-order valence-corrected chi connectivity index (χ2v) is 6.30. The van der Waals surface area contributed by atoms with Gasteiger partial charge in [-0.15, -0.1) is 0 Å². The average molecular weight is 247 g/mol. The molecule has 0 aromatic carbocycles. The summed E-state index contributed by atoms with van der Waals surface area (Å²) >= 11 is 1.83. The lowest BCUT2D eigenvalue weighted by molar-refractivity contribution is -0.144. The Morgan fingerprint density at radius 1 is 1.38 bits per heavy atom. The van der Waals surface area contributed by atoms with Crippen molar-refractivity contribution < 1.29 is 9.90 Å². The third-order valence-electron chi connectivity index (χ3n) is 2.28. The lowest BCUT2D eigenvalue weighted by Gasteiger charge is -2.28. The Balaban J connectivity index is 4.08. The van der Waals surface area contributed by atoms with E-state index in [9.17, 15) is 9.90 Å². The molecule has 0 aliphatic heterocycles. The zero-order chi connectivity index (χ0) is 12.8. The molecule has 0 aromatic heterocycles. The molecule has 16 heavy (non-hydrogen) atoms. The van der Waals surface area contributed by atoms with E-state index in [1.54, 1.807) is 6.92 Å². The molecule has 0 saturated carbocycles. The van der Waals surface area contributed by atoms with Gasteiger partial charge in [0.05, 0.1) is 0 Å². The molecule has 0 radical (unpaired) electrons. The normalized spacial score (nSPS) is 15.4. The highest BCUT2D eigenvalue weighted by Gasteiger charge is 2.32. The van der Waals surface area contributed by atoms with Crippen LogP contribution in [0.15, 0.2) is 0 Å². The molecule has 0 spiro atoms. The highest BCUT2D eigenvalue weighted by Crippen LogP contribution is 2.17. The quantitative estimate of drug-likeness (QED) is 0.647. The van der Waals surface area contributed by atoms with Crippen LogP contribution in [0, 0.1) is 5.92 Å². The fraction of sp³-hybridized carbons (Fsp3) is 0.917. The molecule has 0 bridgehead atoms. The first-order chi connectivity index (χ1) is 7.28. The van der Waals surface area contributed by atoms with E-state index in [0.717, 1.165) is 11.5 Å². The number of hydrogen-bond donors (Lipinski definition) is 2. The third-order valence-corrected chi connectivity index (χ3v) is 3.67. The number of nitrogens with one attached hydrogen (secondary N) is 1. The number of aliphatic carboxylic acids is 1. The largest absolute Gasteiger partial charge is 0.480 e. The standard InChI is InChI=1S/C12H25NO2S/c1-9(2)8-16-7-6-12(5,11(14)15)13-10(3)4/h9-10,13H,6-8H2,1-5H3,(H,14,15). The lowest BCUT2D eigenvalue weighted by atomic mass is 9.98. The van der Waals surface area contributed by atoms with Crippen molar-refractivity contribution in [2.24, 2.45) is 5.92 Å². The van der Waals surface area contributed by atoms with Gasteiger partial charge in [0.1, 0.15) is 5.54 Å². The zero-order valence-electron chi connectivity index (χ0n) is 11.0. The molecule has 0 aromatic rings. The van der Waals surface area contributed by atoms with E-state index in [1.165, 1.54) is 0 Å². The van der Waals surface area contributed by atoms with E-state index in [2.05, 4.69) is 19.2 Å². The van der Waals surface area contributed by atoms with E-state index in [0.29, 0.717) is 12.3 Å². The van der Waals surface area contributed by atoms with E-state index >= 15 is 0 Å². The molecular weight excluding hydrogens is 222 g/mol. The molecule has 0 heterocycles. The van der Waals surface area contributed by atoms with Crippen LogP contribution in [0.1, 0.15) is 41.0 Å². The van der Waals surface area contributed by atoms with Crippen molar-refractivity contribution >= 4 is 17.7 Å². The van der Waals surface area contributed by atoms with E-state index in [4.69, 9.17) is 0 Å². The zero-order valence-corrected chi connectivity index (χ0v) is 11.9. The van der Waals surface area contributed by atoms with E-state index in [1.807, 2.05) is 25.6 Å². The van der Waals surface area contributed by atoms with Gasteiger partial charge < -0.3 is 5.11 Å². The molecule has 1 unspecified atom stereocenters. The number of rotatable bonds is 8. The van der Waals surface area contributed by atoms with Crippen molar-refractivity contribution in [3.63, 3.8) is 0 Å². The van der Waals surface area contributed by atoms with Gasteiger partial charge >= 0.3 is 5.97 Å². The van der Waals surface area contributed by atoms with Crippen molar-refractivity contribution in [2.75, 3.05) is 11.5 Å². The minimum Gasteiger partial charge on any atom is -0.480 e. The molecule has 4 heteroatoms. The van der Waals surface area contributed by atoms with Crippen LogP contribution in [0.5, 0.6) is 0 Å². The van der Waals surface area contributed by atoms with Gasteiger partial charge in [-0.25, -0.2) is 0 Å². The van der Waals surface area contributed by atoms with Crippen molar-refractivity contribution in [3.05, 3.63) is 0 Å². The predicted molar refractivity (Wildman–Crippen MR) is 71.1 cm³/mol. The van der Waals surface area contributed by atoms with Crippen LogP contribution >= 0.6 is 11.8 Å². The molecular formula is C12H25NO2S. The lowest BCUT2D eigenvalue weighted by Crippen LogP contribution is -2.52. The van der Waals surface area contributed by atoms with Crippen molar-refractivity contribution in [2.45, 2.75) is 52.6 Å². The summed E-state index contributed by atoms with van der Waals surface area (Å²) in [5.41, 5.74) is -0.794. The summed E-state index contributed by atoms with van der Waals surface area (Å²) in [4.78, 5) is 11.2. The molecule has 0 saturated heterocycles. The van der Waals surface area contributed by atoms with Crippen molar-refractivity contribution in [1.82, 2.24) is 5.32 Å². The Bertz CT molecular complexity index is 219. The van der Waals surface area contributed by atoms with Gasteiger partial charge in [-0.05, 0) is 44.6 Å². The maximum Gasteiger partial charge on any atom is 0.323 e. The average Bonchev–Trinajstić information content (AvgIpc) is 2.10. The van der Waals surface area contributed by atoms with Crippen LogP contribution in [0.25, 0.3) is 0 Å². The molecule has 0 aliphatic carbocycles. The van der Waals surface area contributed by atoms with Crippen molar-refractivity contribution in [1.29, 1.82) is 0 Å². The Morgan fingerprint density at radius 3 is 2.31 bits per heavy atom. The molecule has 96 valence electrons. The summed E-state index contributed by atoms with van der Waals surface area (Å²) < 4.78 is 0. The highest BCUT2D eigenvalue weighted by atomic mass is 32.2. The Hall–Kier alpha value is -0.220. The number of carbonyl (C=O) groups is 1. The fourth-order valence-electron chi connectivity index (χ4n) is 1.47. The number of thioether (sulfide) groups is 1. The number of carboxylic acid groups (broad SMARTS) is 1. The first kappa shape index (κ1) is 15.8. The smallest absolute Gasteiger partial charge is 0.323 e. The van der Waals surface area contributed by atoms with Crippen LogP contribution in [0.3, 0.4) is 0 Å². The van der Waals surface area contributed by atoms with Crippen LogP contribution in [-0.2, 0) is 4.79 Å². The molecule has 0 fully saturated rings. The molecule has 0 rings (SSSR count). The van der Waals surface area contributed by atoms with Crippen LogP contribution in [0.2, 0.25) is 0 Å². The van der Waals surface area contributed by atoms with Gasteiger partial charge in [-0.2, -0.15) is 11.8 Å². The maximum atomic E-state index is 11.2. The predicted octanol–water partition coefficient (Wildman–Crippen LogP) is 2.61. The Morgan fingerprint density at radius 2 is 1.94 bits per heavy atom. The molecule has 3 nitrogen and oxygen atoms in total. The molecule has 1 atom stereocenters. The summed E-state index contributed by atoms with van der Waals surface area (Å²) in [6.45, 7) is 10.1. The van der Waals surface area contributed by atoms with Crippen molar-refractivity contribution in [3.8, 4) is 0 Å². The van der Waals surface area contributed by atoms with Gasteiger partial charge in [0.2, 0.25) is 0 Å². The monoisotopic (exact) mass is 247 g/mol. The Kier molecular flexibility index (Phi) is 7.07. The molecule has 2 N–H and O–H groups in total. The minimum absolute atomic E-state index is 0.191. The van der Waals surface area contributed by atoms with Gasteiger partial charge in [0.15, 0.2) is 0 Å². The summed E-state index contributed by atoms with van der Waals surface area (Å²) in [7, 11) is 0. The second-order valence-electron chi connectivity index (χ2n) is 5.16. The first-order valence-electron chi connectivity index (χ1n) is 5.86. The number of hydrogen-bond acceptors (Lipinski definition) is 3. The first-order valence-corrected chi connectivity index (χ1v) is 7.02. The number of carboxylic acids is 1. The van der Waals surface area contributed by atoms with E-state index in [-0.39, 0.29) is 6.04 Å². The molecule has 0 aliphatic rings. The summed E-state index contributed by atoms with van der Waals surface area (Å²) in [5.74, 6) is 1.89. The minimum atomic E-state index is -0.794. The molecule has 0 amide bonds. The Labute approximate surface area is 103 Å².